The number of nitrogen functional groups attached to an aromatic ring is 1. The minimum atomic E-state index is 0.623. The number of anilines is 1. The number of nitrogens with two attached hydrogens (primary N) is 1. The summed E-state index contributed by atoms with van der Waals surface area (Å²) < 4.78 is 11.4. The number of pyridine rings is 1. The average Bonchev–Trinajstić information content (AvgIpc) is 2.49. The van der Waals surface area contributed by atoms with E-state index in [0.717, 1.165) is 28.2 Å². The van der Waals surface area contributed by atoms with Crippen LogP contribution in [-0.2, 0) is 0 Å². The van der Waals surface area contributed by atoms with Gasteiger partial charge in [0.2, 0.25) is 0 Å². The number of hydrogen-bond donors (Lipinski definition) is 1. The second-order valence-electron chi connectivity index (χ2n) is 4.56. The Morgan fingerprint density at radius 3 is 2.71 bits per heavy atom. The Kier molecular flexibility index (Phi) is 3.60. The van der Waals surface area contributed by atoms with E-state index < -0.39 is 0 Å². The van der Waals surface area contributed by atoms with Gasteiger partial charge in [-0.1, -0.05) is 12.1 Å². The molecule has 1 heterocycles. The molecule has 0 saturated heterocycles. The lowest BCUT2D eigenvalue weighted by Crippen LogP contribution is -1.93. The third-order valence-corrected chi connectivity index (χ3v) is 3.11. The molecule has 0 fully saturated rings. The van der Waals surface area contributed by atoms with Crippen molar-refractivity contribution in [3.63, 3.8) is 0 Å². The third kappa shape index (κ3) is 2.74. The van der Waals surface area contributed by atoms with Crippen LogP contribution in [0.2, 0.25) is 0 Å². The number of fused-ring (bicyclic) bond motifs is 1. The number of rotatable bonds is 4. The molecule has 1 aromatic heterocycles. The Labute approximate surface area is 123 Å². The molecular weight excluding hydrogens is 264 g/mol. The van der Waals surface area contributed by atoms with Gasteiger partial charge in [0, 0.05) is 17.6 Å². The van der Waals surface area contributed by atoms with Gasteiger partial charge in [-0.2, -0.15) is 0 Å². The van der Waals surface area contributed by atoms with Gasteiger partial charge in [0.1, 0.15) is 17.2 Å². The fourth-order valence-corrected chi connectivity index (χ4v) is 2.18. The molecule has 4 nitrogen and oxygen atoms in total. The van der Waals surface area contributed by atoms with Crippen LogP contribution >= 0.6 is 0 Å². The maximum atomic E-state index is 5.96. The van der Waals surface area contributed by atoms with Crippen molar-refractivity contribution in [2.75, 3.05) is 12.3 Å². The molecule has 0 radical (unpaired) electrons. The quantitative estimate of drug-likeness (QED) is 0.734. The summed E-state index contributed by atoms with van der Waals surface area (Å²) in [5.74, 6) is 2.23. The van der Waals surface area contributed by atoms with Crippen molar-refractivity contribution < 1.29 is 9.47 Å². The lowest BCUT2D eigenvalue weighted by molar-refractivity contribution is 0.338. The number of ether oxygens (including phenoxy) is 2. The average molecular weight is 280 g/mol. The Bertz CT molecular complexity index is 772. The summed E-state index contributed by atoms with van der Waals surface area (Å²) in [4.78, 5) is 4.30. The summed E-state index contributed by atoms with van der Waals surface area (Å²) in [6.45, 7) is 2.57. The lowest BCUT2D eigenvalue weighted by Gasteiger charge is -2.10. The van der Waals surface area contributed by atoms with E-state index in [-0.39, 0.29) is 0 Å². The SMILES string of the molecule is CCOc1cccc(Oc2ccnc3c(N)cccc23)c1. The zero-order chi connectivity index (χ0) is 14.7. The molecule has 21 heavy (non-hydrogen) atoms. The molecule has 0 amide bonds. The van der Waals surface area contributed by atoms with Gasteiger partial charge >= 0.3 is 0 Å². The van der Waals surface area contributed by atoms with Crippen LogP contribution in [0, 0.1) is 0 Å². The molecule has 106 valence electrons. The van der Waals surface area contributed by atoms with Crippen LogP contribution < -0.4 is 15.2 Å². The molecule has 0 atom stereocenters. The molecule has 0 aliphatic carbocycles. The van der Waals surface area contributed by atoms with Crippen LogP contribution in [-0.4, -0.2) is 11.6 Å². The molecule has 4 heteroatoms. The van der Waals surface area contributed by atoms with Gasteiger partial charge < -0.3 is 15.2 Å². The van der Waals surface area contributed by atoms with Gasteiger partial charge in [-0.15, -0.1) is 0 Å². The van der Waals surface area contributed by atoms with Crippen LogP contribution in [0.1, 0.15) is 6.92 Å². The van der Waals surface area contributed by atoms with Crippen LogP contribution in [0.15, 0.2) is 54.7 Å². The first kappa shape index (κ1) is 13.2. The molecule has 0 aliphatic heterocycles. The summed E-state index contributed by atoms with van der Waals surface area (Å²) in [7, 11) is 0. The molecular formula is C17H16N2O2. The van der Waals surface area contributed by atoms with Gasteiger partial charge in [-0.25, -0.2) is 0 Å². The second-order valence-corrected chi connectivity index (χ2v) is 4.56. The lowest BCUT2D eigenvalue weighted by atomic mass is 10.2. The zero-order valence-corrected chi connectivity index (χ0v) is 11.7. The second kappa shape index (κ2) is 5.71. The van der Waals surface area contributed by atoms with Crippen LogP contribution in [0.25, 0.3) is 10.9 Å². The fourth-order valence-electron chi connectivity index (χ4n) is 2.18. The van der Waals surface area contributed by atoms with Gasteiger partial charge in [0.05, 0.1) is 17.8 Å². The molecule has 2 aromatic carbocycles. The van der Waals surface area contributed by atoms with Crippen LogP contribution in [0.4, 0.5) is 5.69 Å². The number of hydrogen-bond acceptors (Lipinski definition) is 4. The molecule has 3 rings (SSSR count). The Morgan fingerprint density at radius 1 is 1.05 bits per heavy atom. The van der Waals surface area contributed by atoms with Crippen molar-refractivity contribution in [3.05, 3.63) is 54.7 Å². The van der Waals surface area contributed by atoms with E-state index in [4.69, 9.17) is 15.2 Å². The molecule has 0 saturated carbocycles. The largest absolute Gasteiger partial charge is 0.494 e. The van der Waals surface area contributed by atoms with Crippen LogP contribution in [0.5, 0.6) is 17.2 Å². The van der Waals surface area contributed by atoms with Gasteiger partial charge in [-0.3, -0.25) is 4.98 Å². The molecule has 0 bridgehead atoms. The van der Waals surface area contributed by atoms with Crippen molar-refractivity contribution in [2.24, 2.45) is 0 Å². The normalized spacial score (nSPS) is 10.5. The van der Waals surface area contributed by atoms with Gasteiger partial charge in [0.15, 0.2) is 0 Å². The molecule has 0 unspecified atom stereocenters. The Morgan fingerprint density at radius 2 is 1.86 bits per heavy atom. The zero-order valence-electron chi connectivity index (χ0n) is 11.7. The van der Waals surface area contributed by atoms with Gasteiger partial charge in [0.25, 0.3) is 0 Å². The van der Waals surface area contributed by atoms with Crippen molar-refractivity contribution in [3.8, 4) is 17.2 Å². The Hall–Kier alpha value is -2.75. The number of aromatic nitrogens is 1. The van der Waals surface area contributed by atoms with Crippen LogP contribution in [0.3, 0.4) is 0 Å². The van der Waals surface area contributed by atoms with E-state index in [1.54, 1.807) is 6.20 Å². The summed E-state index contributed by atoms with van der Waals surface area (Å²) >= 11 is 0. The van der Waals surface area contributed by atoms with Crippen molar-refractivity contribution >= 4 is 16.6 Å². The maximum Gasteiger partial charge on any atom is 0.138 e. The smallest absolute Gasteiger partial charge is 0.138 e. The predicted molar refractivity (Wildman–Crippen MR) is 83.8 cm³/mol. The summed E-state index contributed by atoms with van der Waals surface area (Å²) in [5.41, 5.74) is 7.33. The molecule has 3 aromatic rings. The van der Waals surface area contributed by atoms with E-state index in [1.165, 1.54) is 0 Å². The van der Waals surface area contributed by atoms with Crippen molar-refractivity contribution in [2.45, 2.75) is 6.92 Å². The summed E-state index contributed by atoms with van der Waals surface area (Å²) in [6, 6.07) is 15.0. The highest BCUT2D eigenvalue weighted by molar-refractivity contribution is 5.93. The highest BCUT2D eigenvalue weighted by atomic mass is 16.5. The topological polar surface area (TPSA) is 57.4 Å². The standard InChI is InChI=1S/C17H16N2O2/c1-2-20-12-5-3-6-13(11-12)21-16-9-10-19-17-14(16)7-4-8-15(17)18/h3-11H,2,18H2,1H3. The first-order valence-corrected chi connectivity index (χ1v) is 6.82. The first-order valence-electron chi connectivity index (χ1n) is 6.82. The van der Waals surface area contributed by atoms with E-state index in [9.17, 15) is 0 Å². The first-order chi connectivity index (χ1) is 10.3. The van der Waals surface area contributed by atoms with Crippen molar-refractivity contribution in [1.29, 1.82) is 0 Å². The summed E-state index contributed by atoms with van der Waals surface area (Å²) in [6.07, 6.45) is 1.69. The van der Waals surface area contributed by atoms with E-state index >= 15 is 0 Å². The predicted octanol–water partition coefficient (Wildman–Crippen LogP) is 4.01. The monoisotopic (exact) mass is 280 g/mol. The number of para-hydroxylation sites is 1. The third-order valence-electron chi connectivity index (χ3n) is 3.11. The van der Waals surface area contributed by atoms with Crippen molar-refractivity contribution in [1.82, 2.24) is 4.98 Å². The highest BCUT2D eigenvalue weighted by Crippen LogP contribution is 2.32. The van der Waals surface area contributed by atoms with E-state index in [1.807, 2.05) is 55.5 Å². The Balaban J connectivity index is 1.98. The minimum absolute atomic E-state index is 0.623. The number of benzene rings is 2. The molecule has 0 spiro atoms. The van der Waals surface area contributed by atoms with Gasteiger partial charge in [-0.05, 0) is 37.3 Å². The maximum absolute atomic E-state index is 5.96. The molecule has 2 N–H and O–H groups in total. The van der Waals surface area contributed by atoms with E-state index in [0.29, 0.717) is 12.3 Å². The van der Waals surface area contributed by atoms with E-state index in [2.05, 4.69) is 4.98 Å². The highest BCUT2D eigenvalue weighted by Gasteiger charge is 2.07. The molecule has 0 aliphatic rings. The number of nitrogens with zero attached hydrogens (tertiary/aromatic N) is 1. The minimum Gasteiger partial charge on any atom is -0.494 e. The fraction of sp³-hybridized carbons (Fsp3) is 0.118. The summed E-state index contributed by atoms with van der Waals surface area (Å²) in [5, 5.41) is 0.888.